The number of nitrogens with one attached hydrogen (secondary N) is 3. The summed E-state index contributed by atoms with van der Waals surface area (Å²) in [7, 11) is 4.75. The number of fused-ring (bicyclic) bond motifs is 3. The molecular formula is C30H28N4O5. The van der Waals surface area contributed by atoms with Gasteiger partial charge in [-0.2, -0.15) is 0 Å². The fourth-order valence-electron chi connectivity index (χ4n) is 4.57. The number of para-hydroxylation sites is 1. The van der Waals surface area contributed by atoms with Gasteiger partial charge in [-0.1, -0.05) is 36.4 Å². The minimum atomic E-state index is -0.589. The van der Waals surface area contributed by atoms with Crippen LogP contribution in [0.2, 0.25) is 0 Å². The van der Waals surface area contributed by atoms with E-state index in [0.29, 0.717) is 29.6 Å². The minimum absolute atomic E-state index is 0.503. The summed E-state index contributed by atoms with van der Waals surface area (Å²) in [6, 6.07) is 21.7. The predicted octanol–water partition coefficient (Wildman–Crippen LogP) is 5.54. The summed E-state index contributed by atoms with van der Waals surface area (Å²) < 4.78 is 16.7. The van der Waals surface area contributed by atoms with E-state index in [0.717, 1.165) is 44.2 Å². The number of anilines is 1. The van der Waals surface area contributed by atoms with Gasteiger partial charge in [-0.3, -0.25) is 10.0 Å². The average Bonchev–Trinajstić information content (AvgIpc) is 3.36. The molecule has 0 spiro atoms. The Hall–Kier alpha value is -5.02. The molecule has 0 fully saturated rings. The van der Waals surface area contributed by atoms with Gasteiger partial charge < -0.3 is 24.5 Å². The Kier molecular flexibility index (Phi) is 7.33. The maximum atomic E-state index is 11.3. The van der Waals surface area contributed by atoms with Gasteiger partial charge in [0, 0.05) is 34.5 Å². The van der Waals surface area contributed by atoms with Crippen LogP contribution in [-0.2, 0) is 11.3 Å². The topological polar surface area (TPSA) is 118 Å². The van der Waals surface area contributed by atoms with Crippen molar-refractivity contribution in [3.63, 3.8) is 0 Å². The molecule has 0 saturated carbocycles. The minimum Gasteiger partial charge on any atom is -0.493 e. The molecule has 5 aromatic rings. The lowest BCUT2D eigenvalue weighted by molar-refractivity contribution is -0.124. The third kappa shape index (κ3) is 5.21. The number of ether oxygens (including phenoxy) is 3. The van der Waals surface area contributed by atoms with Crippen molar-refractivity contribution in [1.82, 2.24) is 15.4 Å². The van der Waals surface area contributed by atoms with Gasteiger partial charge in [0.05, 0.1) is 32.5 Å². The van der Waals surface area contributed by atoms with E-state index in [-0.39, 0.29) is 0 Å². The van der Waals surface area contributed by atoms with E-state index in [1.807, 2.05) is 60.7 Å². The van der Waals surface area contributed by atoms with Crippen LogP contribution in [0.25, 0.3) is 39.1 Å². The van der Waals surface area contributed by atoms with Gasteiger partial charge in [-0.25, -0.2) is 10.5 Å². The molecule has 2 aromatic heterocycles. The Balaban J connectivity index is 1.57. The van der Waals surface area contributed by atoms with Crippen LogP contribution in [0.15, 0.2) is 72.8 Å². The van der Waals surface area contributed by atoms with E-state index in [2.05, 4.69) is 16.4 Å². The van der Waals surface area contributed by atoms with Crippen LogP contribution < -0.4 is 25.0 Å². The van der Waals surface area contributed by atoms with Crippen molar-refractivity contribution in [2.24, 2.45) is 0 Å². The Morgan fingerprint density at radius 1 is 0.949 bits per heavy atom. The van der Waals surface area contributed by atoms with Crippen molar-refractivity contribution >= 4 is 39.6 Å². The molecule has 4 N–H and O–H groups in total. The molecule has 5 rings (SSSR count). The molecule has 0 radical (unpaired) electrons. The molecule has 9 nitrogen and oxygen atoms in total. The number of hydrogen-bond donors (Lipinski definition) is 4. The van der Waals surface area contributed by atoms with Gasteiger partial charge in [-0.15, -0.1) is 0 Å². The lowest BCUT2D eigenvalue weighted by Crippen LogP contribution is -2.14. The molecule has 198 valence electrons. The number of rotatable bonds is 9. The first-order valence-corrected chi connectivity index (χ1v) is 12.2. The first kappa shape index (κ1) is 25.6. The van der Waals surface area contributed by atoms with Gasteiger partial charge in [0.1, 0.15) is 5.82 Å². The first-order chi connectivity index (χ1) is 19.0. The number of pyridine rings is 1. The number of hydrogen-bond acceptors (Lipinski definition) is 7. The predicted molar refractivity (Wildman–Crippen MR) is 151 cm³/mol. The van der Waals surface area contributed by atoms with E-state index in [4.69, 9.17) is 24.4 Å². The van der Waals surface area contributed by atoms with Gasteiger partial charge in [-0.05, 0) is 47.5 Å². The van der Waals surface area contributed by atoms with Crippen LogP contribution in [0, 0.1) is 0 Å². The molecular weight excluding hydrogens is 496 g/mol. The Bertz CT molecular complexity index is 1670. The Morgan fingerprint density at radius 2 is 1.72 bits per heavy atom. The molecule has 0 atom stereocenters. The van der Waals surface area contributed by atoms with Gasteiger partial charge in [0.15, 0.2) is 11.5 Å². The number of aromatic amines is 1. The van der Waals surface area contributed by atoms with Crippen LogP contribution in [0.3, 0.4) is 0 Å². The van der Waals surface area contributed by atoms with Crippen molar-refractivity contribution in [3.05, 3.63) is 83.9 Å². The summed E-state index contributed by atoms with van der Waals surface area (Å²) in [5.74, 6) is 1.69. The summed E-state index contributed by atoms with van der Waals surface area (Å²) in [4.78, 5) is 19.8. The van der Waals surface area contributed by atoms with E-state index >= 15 is 0 Å². The zero-order chi connectivity index (χ0) is 27.4. The largest absolute Gasteiger partial charge is 0.493 e. The third-order valence-corrected chi connectivity index (χ3v) is 6.40. The van der Waals surface area contributed by atoms with Crippen molar-refractivity contribution in [3.8, 4) is 28.5 Å². The number of nitrogens with zero attached hydrogens (tertiary/aromatic N) is 1. The van der Waals surface area contributed by atoms with E-state index in [9.17, 15) is 4.79 Å². The van der Waals surface area contributed by atoms with Crippen molar-refractivity contribution < 1.29 is 24.2 Å². The highest BCUT2D eigenvalue weighted by molar-refractivity contribution is 6.12. The van der Waals surface area contributed by atoms with E-state index < -0.39 is 5.91 Å². The summed E-state index contributed by atoms with van der Waals surface area (Å²) in [6.45, 7) is 0.503. The molecule has 39 heavy (non-hydrogen) atoms. The maximum Gasteiger partial charge on any atom is 0.267 e. The second-order valence-electron chi connectivity index (χ2n) is 8.77. The fraction of sp³-hybridized carbons (Fsp3) is 0.133. The summed E-state index contributed by atoms with van der Waals surface area (Å²) in [5.41, 5.74) is 6.85. The van der Waals surface area contributed by atoms with Gasteiger partial charge >= 0.3 is 0 Å². The number of amides is 1. The molecule has 0 saturated heterocycles. The molecule has 0 bridgehead atoms. The van der Waals surface area contributed by atoms with Crippen molar-refractivity contribution in [2.75, 3.05) is 26.6 Å². The van der Waals surface area contributed by atoms with Gasteiger partial charge in [0.25, 0.3) is 5.91 Å². The number of H-pyrrole nitrogens is 1. The van der Waals surface area contributed by atoms with Crippen LogP contribution >= 0.6 is 0 Å². The van der Waals surface area contributed by atoms with E-state index in [1.54, 1.807) is 32.9 Å². The Labute approximate surface area is 225 Å². The number of hydroxylamine groups is 1. The number of methoxy groups -OCH3 is 3. The van der Waals surface area contributed by atoms with Crippen LogP contribution in [0.1, 0.15) is 11.1 Å². The average molecular weight is 525 g/mol. The van der Waals surface area contributed by atoms with E-state index in [1.165, 1.54) is 6.08 Å². The highest BCUT2D eigenvalue weighted by atomic mass is 16.5. The highest BCUT2D eigenvalue weighted by Crippen LogP contribution is 2.43. The molecule has 9 heteroatoms. The summed E-state index contributed by atoms with van der Waals surface area (Å²) in [6.07, 6.45) is 2.90. The SMILES string of the molecule is COc1cc(-c2nc(NCc3cccc(/C=C/C(=O)NO)c3)cc3c2[nH]c2ccccc23)cc(OC)c1OC. The number of carbonyl (C=O) groups is 1. The smallest absolute Gasteiger partial charge is 0.267 e. The molecule has 2 heterocycles. The number of benzene rings is 3. The fourth-order valence-corrected chi connectivity index (χ4v) is 4.57. The molecule has 0 aliphatic carbocycles. The Morgan fingerprint density at radius 3 is 2.44 bits per heavy atom. The highest BCUT2D eigenvalue weighted by Gasteiger charge is 2.19. The van der Waals surface area contributed by atoms with Crippen LogP contribution in [0.4, 0.5) is 5.82 Å². The quantitative estimate of drug-likeness (QED) is 0.114. The lowest BCUT2D eigenvalue weighted by atomic mass is 10.1. The molecule has 0 unspecified atom stereocenters. The second kappa shape index (κ2) is 11.2. The standard InChI is InChI=1S/C30H28N4O5/c1-37-24-14-20(15-25(38-2)30(24)39-3)28-29-22(21-9-4-5-10-23(21)32-29)16-26(33-28)31-17-19-8-6-7-18(13-19)11-12-27(35)34-36/h4-16,32,36H,17H2,1-3H3,(H,31,33)(H,34,35)/b12-11+. The first-order valence-electron chi connectivity index (χ1n) is 12.2. The second-order valence-corrected chi connectivity index (χ2v) is 8.77. The summed E-state index contributed by atoms with van der Waals surface area (Å²) >= 11 is 0. The van der Waals surface area contributed by atoms with Crippen molar-refractivity contribution in [1.29, 1.82) is 0 Å². The number of aromatic nitrogens is 2. The van der Waals surface area contributed by atoms with Gasteiger partial charge in [0.2, 0.25) is 5.75 Å². The molecule has 0 aliphatic heterocycles. The molecule has 1 amide bonds. The number of carbonyl (C=O) groups excluding carboxylic acids is 1. The normalized spacial score (nSPS) is 11.2. The van der Waals surface area contributed by atoms with Crippen molar-refractivity contribution in [2.45, 2.75) is 6.54 Å². The van der Waals surface area contributed by atoms with Crippen LogP contribution in [-0.4, -0.2) is 42.4 Å². The molecule has 0 aliphatic rings. The zero-order valence-electron chi connectivity index (χ0n) is 21.7. The maximum absolute atomic E-state index is 11.3. The zero-order valence-corrected chi connectivity index (χ0v) is 21.7. The molecule has 3 aromatic carbocycles. The lowest BCUT2D eigenvalue weighted by Gasteiger charge is -2.15. The monoisotopic (exact) mass is 524 g/mol. The van der Waals surface area contributed by atoms with Crippen LogP contribution in [0.5, 0.6) is 17.2 Å². The summed E-state index contributed by atoms with van der Waals surface area (Å²) in [5, 5.41) is 14.3. The third-order valence-electron chi connectivity index (χ3n) is 6.40.